The number of carbonyl (C=O) groups excluding carboxylic acids is 1. The maximum atomic E-state index is 12.1. The van der Waals surface area contributed by atoms with E-state index in [0.717, 1.165) is 0 Å². The summed E-state index contributed by atoms with van der Waals surface area (Å²) in [5, 5.41) is 14.9. The summed E-state index contributed by atoms with van der Waals surface area (Å²) in [6.45, 7) is 1.91. The summed E-state index contributed by atoms with van der Waals surface area (Å²) in [6, 6.07) is 3.46. The zero-order chi connectivity index (χ0) is 15.5. The van der Waals surface area contributed by atoms with Gasteiger partial charge in [-0.05, 0) is 29.4 Å². The van der Waals surface area contributed by atoms with E-state index in [4.69, 9.17) is 10.5 Å². The Hall–Kier alpha value is -3.30. The van der Waals surface area contributed by atoms with Gasteiger partial charge in [0, 0.05) is 18.0 Å². The van der Waals surface area contributed by atoms with Gasteiger partial charge in [-0.3, -0.25) is 4.98 Å². The van der Waals surface area contributed by atoms with Crippen LogP contribution in [0.1, 0.15) is 17.4 Å². The van der Waals surface area contributed by atoms with Gasteiger partial charge in [0.2, 0.25) is 11.6 Å². The molecular weight excluding hydrogens is 290 g/mol. The third-order valence-corrected chi connectivity index (χ3v) is 2.77. The summed E-state index contributed by atoms with van der Waals surface area (Å²) in [5.74, 6) is -0.463. The summed E-state index contributed by atoms with van der Waals surface area (Å²) in [4.78, 5) is 16.1. The average molecular weight is 301 g/mol. The van der Waals surface area contributed by atoms with Crippen molar-refractivity contribution in [1.29, 1.82) is 0 Å². The molecule has 10 nitrogen and oxygen atoms in total. The molecule has 3 aromatic rings. The molecule has 0 saturated heterocycles. The Bertz CT molecular complexity index is 796. The van der Waals surface area contributed by atoms with E-state index in [1.165, 1.54) is 4.68 Å². The van der Waals surface area contributed by atoms with Gasteiger partial charge >= 0.3 is 5.97 Å². The number of carbonyl (C=O) groups is 1. The molecule has 0 aliphatic rings. The second-order valence-corrected chi connectivity index (χ2v) is 4.13. The molecule has 0 aromatic carbocycles. The van der Waals surface area contributed by atoms with E-state index >= 15 is 0 Å². The molecule has 0 aliphatic heterocycles. The molecule has 3 rings (SSSR count). The Morgan fingerprint density at radius 3 is 2.95 bits per heavy atom. The van der Waals surface area contributed by atoms with E-state index in [1.54, 1.807) is 31.5 Å². The molecule has 0 saturated carbocycles. The predicted molar refractivity (Wildman–Crippen MR) is 72.8 cm³/mol. The average Bonchev–Trinajstić information content (AvgIpc) is 3.14. The van der Waals surface area contributed by atoms with Crippen LogP contribution in [0, 0.1) is 0 Å². The molecule has 10 heteroatoms. The van der Waals surface area contributed by atoms with Crippen molar-refractivity contribution in [3.63, 3.8) is 0 Å². The van der Waals surface area contributed by atoms with Crippen molar-refractivity contribution in [3.05, 3.63) is 30.2 Å². The number of nitrogens with two attached hydrogens (primary N) is 1. The second kappa shape index (κ2) is 5.60. The maximum Gasteiger partial charge on any atom is 0.361 e. The third kappa shape index (κ3) is 2.26. The highest BCUT2D eigenvalue weighted by molar-refractivity contribution is 5.94. The number of rotatable bonds is 4. The lowest BCUT2D eigenvalue weighted by molar-refractivity contribution is 0.0520. The van der Waals surface area contributed by atoms with E-state index in [2.05, 4.69) is 30.2 Å². The van der Waals surface area contributed by atoms with E-state index in [9.17, 15) is 4.79 Å². The number of nitrogen functional groups attached to an aromatic ring is 1. The highest BCUT2D eigenvalue weighted by Crippen LogP contribution is 2.25. The number of hydrogen-bond acceptors (Lipinski definition) is 9. The minimum Gasteiger partial charge on any atom is -0.461 e. The van der Waals surface area contributed by atoms with Crippen molar-refractivity contribution in [2.24, 2.45) is 0 Å². The molecule has 22 heavy (non-hydrogen) atoms. The maximum absolute atomic E-state index is 12.1. The van der Waals surface area contributed by atoms with Crippen LogP contribution in [0.2, 0.25) is 0 Å². The lowest BCUT2D eigenvalue weighted by Crippen LogP contribution is -2.08. The number of esters is 1. The summed E-state index contributed by atoms with van der Waals surface area (Å²) in [7, 11) is 0. The molecule has 0 fully saturated rings. The van der Waals surface area contributed by atoms with Crippen molar-refractivity contribution in [1.82, 2.24) is 30.3 Å². The molecule has 0 unspecified atom stereocenters. The smallest absolute Gasteiger partial charge is 0.361 e. The van der Waals surface area contributed by atoms with Crippen molar-refractivity contribution in [2.75, 3.05) is 12.3 Å². The molecule has 0 spiro atoms. The van der Waals surface area contributed by atoms with E-state index in [-0.39, 0.29) is 23.9 Å². The van der Waals surface area contributed by atoms with Crippen LogP contribution in [0.25, 0.3) is 17.1 Å². The van der Waals surface area contributed by atoms with Gasteiger partial charge < -0.3 is 10.5 Å². The number of nitrogens with zero attached hydrogens (tertiary/aromatic N) is 6. The molecule has 112 valence electrons. The quantitative estimate of drug-likeness (QED) is 0.682. The van der Waals surface area contributed by atoms with Gasteiger partial charge in [0.05, 0.1) is 6.61 Å². The van der Waals surface area contributed by atoms with Crippen LogP contribution in [0.3, 0.4) is 0 Å². The van der Waals surface area contributed by atoms with Gasteiger partial charge in [0.1, 0.15) is 5.69 Å². The first kappa shape index (κ1) is 13.7. The number of anilines is 1. The van der Waals surface area contributed by atoms with Crippen LogP contribution in [-0.2, 0) is 4.74 Å². The molecular formula is C12H11N7O3. The Morgan fingerprint density at radius 2 is 2.32 bits per heavy atom. The minimum atomic E-state index is -0.609. The standard InChI is InChI=1S/C12H11N7O3/c1-2-21-12(20)8-9(7-4-3-5-14-6-7)19(18-15-8)11-10(13)16-22-17-11/h3-6H,2H2,1H3,(H2,13,16). The first-order valence-electron chi connectivity index (χ1n) is 6.34. The van der Waals surface area contributed by atoms with Crippen LogP contribution < -0.4 is 5.73 Å². The highest BCUT2D eigenvalue weighted by atomic mass is 16.6. The van der Waals surface area contributed by atoms with Crippen molar-refractivity contribution in [2.45, 2.75) is 6.92 Å². The van der Waals surface area contributed by atoms with Crippen molar-refractivity contribution >= 4 is 11.8 Å². The first-order chi connectivity index (χ1) is 10.7. The van der Waals surface area contributed by atoms with Gasteiger partial charge in [-0.15, -0.1) is 5.10 Å². The van der Waals surface area contributed by atoms with E-state index in [1.807, 2.05) is 0 Å². The van der Waals surface area contributed by atoms with Crippen LogP contribution in [0.4, 0.5) is 5.82 Å². The molecule has 3 aromatic heterocycles. The molecule has 3 heterocycles. The Kier molecular flexibility index (Phi) is 3.48. The lowest BCUT2D eigenvalue weighted by atomic mass is 10.1. The number of hydrogen-bond donors (Lipinski definition) is 1. The fourth-order valence-electron chi connectivity index (χ4n) is 1.87. The van der Waals surface area contributed by atoms with Gasteiger partial charge in [0.15, 0.2) is 5.69 Å². The topological polar surface area (TPSA) is 135 Å². The fourth-order valence-corrected chi connectivity index (χ4v) is 1.87. The number of aromatic nitrogens is 6. The van der Waals surface area contributed by atoms with Gasteiger partial charge in [-0.1, -0.05) is 5.21 Å². The Morgan fingerprint density at radius 1 is 1.45 bits per heavy atom. The minimum absolute atomic E-state index is 0.0189. The SMILES string of the molecule is CCOC(=O)c1nnn(-c2nonc2N)c1-c1cccnc1. The fraction of sp³-hybridized carbons (Fsp3) is 0.167. The van der Waals surface area contributed by atoms with Crippen LogP contribution in [-0.4, -0.2) is 42.9 Å². The van der Waals surface area contributed by atoms with E-state index in [0.29, 0.717) is 11.3 Å². The summed E-state index contributed by atoms with van der Waals surface area (Å²) in [6.07, 6.45) is 3.16. The predicted octanol–water partition coefficient (Wildman–Crippen LogP) is 0.471. The van der Waals surface area contributed by atoms with Crippen molar-refractivity contribution < 1.29 is 14.2 Å². The summed E-state index contributed by atoms with van der Waals surface area (Å²) in [5.41, 5.74) is 6.64. The highest BCUT2D eigenvalue weighted by Gasteiger charge is 2.25. The first-order valence-corrected chi connectivity index (χ1v) is 6.34. The van der Waals surface area contributed by atoms with Crippen LogP contribution in [0.15, 0.2) is 29.2 Å². The van der Waals surface area contributed by atoms with E-state index < -0.39 is 5.97 Å². The molecule has 0 bridgehead atoms. The number of ether oxygens (including phenoxy) is 1. The molecule has 0 atom stereocenters. The number of pyridine rings is 1. The van der Waals surface area contributed by atoms with Gasteiger partial charge in [0.25, 0.3) is 0 Å². The Balaban J connectivity index is 2.20. The van der Waals surface area contributed by atoms with Crippen molar-refractivity contribution in [3.8, 4) is 17.1 Å². The third-order valence-electron chi connectivity index (χ3n) is 2.77. The molecule has 0 aliphatic carbocycles. The van der Waals surface area contributed by atoms with Gasteiger partial charge in [-0.2, -0.15) is 4.68 Å². The lowest BCUT2D eigenvalue weighted by Gasteiger charge is -2.05. The second-order valence-electron chi connectivity index (χ2n) is 4.13. The summed E-state index contributed by atoms with van der Waals surface area (Å²) >= 11 is 0. The molecule has 2 N–H and O–H groups in total. The van der Waals surface area contributed by atoms with Gasteiger partial charge in [-0.25, -0.2) is 9.42 Å². The normalized spacial score (nSPS) is 10.6. The zero-order valence-electron chi connectivity index (χ0n) is 11.5. The summed E-state index contributed by atoms with van der Waals surface area (Å²) < 4.78 is 10.8. The van der Waals surface area contributed by atoms with Crippen LogP contribution in [0.5, 0.6) is 0 Å². The zero-order valence-corrected chi connectivity index (χ0v) is 11.5. The largest absolute Gasteiger partial charge is 0.461 e. The Labute approximate surface area is 123 Å². The molecule has 0 amide bonds. The molecule has 0 radical (unpaired) electrons. The monoisotopic (exact) mass is 301 g/mol. The van der Waals surface area contributed by atoms with Crippen LogP contribution >= 0.6 is 0 Å².